The molecule has 2 aromatic rings. The molecule has 3 nitrogen and oxygen atoms in total. The van der Waals surface area contributed by atoms with Crippen molar-refractivity contribution in [3.05, 3.63) is 53.2 Å². The van der Waals surface area contributed by atoms with E-state index in [0.29, 0.717) is 16.5 Å². The van der Waals surface area contributed by atoms with Gasteiger partial charge in [0, 0.05) is 11.1 Å². The topological polar surface area (TPSA) is 45.1 Å². The predicted octanol–water partition coefficient (Wildman–Crippen LogP) is 5.08. The van der Waals surface area contributed by atoms with Crippen LogP contribution in [0.4, 0.5) is 24.0 Å². The Labute approximate surface area is 123 Å². The molecule has 2 N–H and O–H groups in total. The van der Waals surface area contributed by atoms with Crippen molar-refractivity contribution in [3.63, 3.8) is 0 Å². The lowest BCUT2D eigenvalue weighted by Gasteiger charge is -2.08. The second-order valence-electron chi connectivity index (χ2n) is 4.49. The van der Waals surface area contributed by atoms with Crippen molar-refractivity contribution in [3.8, 4) is 0 Å². The molecule has 1 heterocycles. The van der Waals surface area contributed by atoms with Crippen molar-refractivity contribution >= 4 is 22.2 Å². The highest BCUT2D eigenvalue weighted by Gasteiger charge is 2.29. The van der Waals surface area contributed by atoms with Crippen molar-refractivity contribution in [2.45, 2.75) is 19.0 Å². The molecule has 2 rings (SSSR count). The number of benzene rings is 1. The minimum Gasteiger partial charge on any atom is -0.512 e. The smallest absolute Gasteiger partial charge is 0.416 e. The molecule has 0 bridgehead atoms. The van der Waals surface area contributed by atoms with E-state index in [1.165, 1.54) is 23.5 Å². The van der Waals surface area contributed by atoms with Crippen LogP contribution in [0.5, 0.6) is 0 Å². The van der Waals surface area contributed by atoms with Gasteiger partial charge < -0.3 is 10.4 Å². The first-order valence-electron chi connectivity index (χ1n) is 6.05. The third-order valence-corrected chi connectivity index (χ3v) is 3.70. The molecule has 0 amide bonds. The van der Waals surface area contributed by atoms with E-state index in [0.717, 1.165) is 12.1 Å². The third kappa shape index (κ3) is 3.75. The lowest BCUT2D eigenvalue weighted by Crippen LogP contribution is -2.04. The zero-order chi connectivity index (χ0) is 15.6. The fourth-order valence-corrected chi connectivity index (χ4v) is 2.40. The summed E-state index contributed by atoms with van der Waals surface area (Å²) in [6.07, 6.45) is -4.34. The van der Waals surface area contributed by atoms with Gasteiger partial charge in [0.15, 0.2) is 5.13 Å². The van der Waals surface area contributed by atoms with Crippen molar-refractivity contribution in [1.29, 1.82) is 0 Å². The standard InChI is InChI=1S/C14H13F3N2OS/c1-8(9(2)20)12-7-21-13(19-12)18-11-5-3-10(4-6-11)14(15,16)17/h3-8,20H,2H2,1H3,(H,18,19). The number of hydrogen-bond donors (Lipinski definition) is 2. The first-order chi connectivity index (χ1) is 9.77. The van der Waals surface area contributed by atoms with Crippen molar-refractivity contribution in [1.82, 2.24) is 4.98 Å². The number of aliphatic hydroxyl groups excluding tert-OH is 1. The second-order valence-corrected chi connectivity index (χ2v) is 5.35. The van der Waals surface area contributed by atoms with Gasteiger partial charge in [0.05, 0.1) is 22.9 Å². The van der Waals surface area contributed by atoms with Crippen LogP contribution < -0.4 is 5.32 Å². The van der Waals surface area contributed by atoms with Gasteiger partial charge in [-0.05, 0) is 31.2 Å². The van der Waals surface area contributed by atoms with Crippen LogP contribution in [0, 0.1) is 0 Å². The zero-order valence-electron chi connectivity index (χ0n) is 11.1. The molecule has 0 fully saturated rings. The number of nitrogens with one attached hydrogen (secondary N) is 1. The quantitative estimate of drug-likeness (QED) is 0.773. The number of anilines is 2. The van der Waals surface area contributed by atoms with Gasteiger partial charge in [0.2, 0.25) is 0 Å². The maximum atomic E-state index is 12.5. The monoisotopic (exact) mass is 314 g/mol. The number of aliphatic hydroxyl groups is 1. The Kier molecular flexibility index (Phi) is 4.22. The summed E-state index contributed by atoms with van der Waals surface area (Å²) in [5.74, 6) is -0.272. The van der Waals surface area contributed by atoms with E-state index in [9.17, 15) is 18.3 Å². The Morgan fingerprint density at radius 3 is 2.48 bits per heavy atom. The van der Waals surface area contributed by atoms with Crippen molar-refractivity contribution in [2.75, 3.05) is 5.32 Å². The molecule has 1 atom stereocenters. The molecule has 0 radical (unpaired) electrons. The highest BCUT2D eigenvalue weighted by atomic mass is 32.1. The van der Waals surface area contributed by atoms with Gasteiger partial charge in [-0.1, -0.05) is 6.58 Å². The largest absolute Gasteiger partial charge is 0.512 e. The van der Waals surface area contributed by atoms with Gasteiger partial charge in [0.1, 0.15) is 0 Å². The third-order valence-electron chi connectivity index (χ3n) is 2.93. The van der Waals surface area contributed by atoms with Crippen molar-refractivity contribution < 1.29 is 18.3 Å². The van der Waals surface area contributed by atoms with Gasteiger partial charge in [-0.15, -0.1) is 11.3 Å². The average molecular weight is 314 g/mol. The number of halogens is 3. The van der Waals surface area contributed by atoms with E-state index in [4.69, 9.17) is 0 Å². The Morgan fingerprint density at radius 1 is 1.33 bits per heavy atom. The maximum absolute atomic E-state index is 12.5. The molecule has 0 aliphatic carbocycles. The van der Waals surface area contributed by atoms with Crippen LogP contribution in [0.2, 0.25) is 0 Å². The minimum absolute atomic E-state index is 0.0152. The second kappa shape index (κ2) is 5.77. The fraction of sp³-hybridized carbons (Fsp3) is 0.214. The van der Waals surface area contributed by atoms with Gasteiger partial charge in [-0.25, -0.2) is 4.98 Å². The summed E-state index contributed by atoms with van der Waals surface area (Å²) in [6.45, 7) is 5.21. The number of aromatic nitrogens is 1. The van der Waals surface area contributed by atoms with Gasteiger partial charge >= 0.3 is 6.18 Å². The molecule has 1 aromatic carbocycles. The SMILES string of the molecule is C=C(O)C(C)c1csc(Nc2ccc(C(F)(F)F)cc2)n1. The number of nitrogens with zero attached hydrogens (tertiary/aromatic N) is 1. The van der Waals surface area contributed by atoms with Crippen LogP contribution in [-0.4, -0.2) is 10.1 Å². The molecule has 7 heteroatoms. The zero-order valence-corrected chi connectivity index (χ0v) is 11.9. The molecule has 112 valence electrons. The molecule has 0 saturated carbocycles. The van der Waals surface area contributed by atoms with E-state index < -0.39 is 11.7 Å². The normalized spacial score (nSPS) is 13.0. The molecule has 21 heavy (non-hydrogen) atoms. The lowest BCUT2D eigenvalue weighted by molar-refractivity contribution is -0.137. The average Bonchev–Trinajstić information content (AvgIpc) is 2.85. The Morgan fingerprint density at radius 2 is 1.95 bits per heavy atom. The molecule has 1 unspecified atom stereocenters. The summed E-state index contributed by atoms with van der Waals surface area (Å²) >= 11 is 1.30. The summed E-state index contributed by atoms with van der Waals surface area (Å²) < 4.78 is 37.4. The Balaban J connectivity index is 2.10. The van der Waals surface area contributed by atoms with Crippen LogP contribution in [0.3, 0.4) is 0 Å². The first-order valence-corrected chi connectivity index (χ1v) is 6.93. The Bertz CT molecular complexity index is 634. The number of alkyl halides is 3. The van der Waals surface area contributed by atoms with E-state index in [-0.39, 0.29) is 11.7 Å². The summed E-state index contributed by atoms with van der Waals surface area (Å²) in [7, 11) is 0. The molecule has 0 aliphatic rings. The lowest BCUT2D eigenvalue weighted by atomic mass is 10.1. The fourth-order valence-electron chi connectivity index (χ4n) is 1.58. The molecule has 0 saturated heterocycles. The van der Waals surface area contributed by atoms with Crippen LogP contribution in [0.1, 0.15) is 24.1 Å². The number of hydrogen-bond acceptors (Lipinski definition) is 4. The highest BCUT2D eigenvalue weighted by Crippen LogP contribution is 2.31. The van der Waals surface area contributed by atoms with Crippen LogP contribution in [0.25, 0.3) is 0 Å². The molecule has 0 aliphatic heterocycles. The van der Waals surface area contributed by atoms with Crippen LogP contribution in [-0.2, 0) is 6.18 Å². The summed E-state index contributed by atoms with van der Waals surface area (Å²) in [6, 6.07) is 4.71. The van der Waals surface area contributed by atoms with E-state index in [1.54, 1.807) is 12.3 Å². The summed E-state index contributed by atoms with van der Waals surface area (Å²) in [5, 5.41) is 14.6. The summed E-state index contributed by atoms with van der Waals surface area (Å²) in [5.41, 5.74) is 0.472. The van der Waals surface area contributed by atoms with Gasteiger partial charge in [-0.3, -0.25) is 0 Å². The first kappa shape index (κ1) is 15.4. The number of thiazole rings is 1. The Hall–Kier alpha value is -2.02. The van der Waals surface area contributed by atoms with E-state index in [2.05, 4.69) is 16.9 Å². The minimum atomic E-state index is -4.34. The maximum Gasteiger partial charge on any atom is 0.416 e. The van der Waals surface area contributed by atoms with Gasteiger partial charge in [0.25, 0.3) is 0 Å². The number of rotatable bonds is 4. The number of allylic oxidation sites excluding steroid dienone is 1. The van der Waals surface area contributed by atoms with Crippen molar-refractivity contribution in [2.24, 2.45) is 0 Å². The van der Waals surface area contributed by atoms with E-state index >= 15 is 0 Å². The summed E-state index contributed by atoms with van der Waals surface area (Å²) in [4.78, 5) is 4.26. The van der Waals surface area contributed by atoms with Gasteiger partial charge in [-0.2, -0.15) is 13.2 Å². The molecular weight excluding hydrogens is 301 g/mol. The predicted molar refractivity (Wildman–Crippen MR) is 77.0 cm³/mol. The van der Waals surface area contributed by atoms with Crippen LogP contribution >= 0.6 is 11.3 Å². The molecule has 1 aromatic heterocycles. The van der Waals surface area contributed by atoms with E-state index in [1.807, 2.05) is 0 Å². The van der Waals surface area contributed by atoms with Crippen LogP contribution in [0.15, 0.2) is 42.0 Å². The highest BCUT2D eigenvalue weighted by molar-refractivity contribution is 7.13. The molecular formula is C14H13F3N2OS. The molecule has 0 spiro atoms.